The van der Waals surface area contributed by atoms with Gasteiger partial charge in [0.25, 0.3) is 0 Å². The topological polar surface area (TPSA) is 212 Å². The monoisotopic (exact) mass is 944 g/mol. The second-order valence-electron chi connectivity index (χ2n) is 17.4. The van der Waals surface area contributed by atoms with Gasteiger partial charge in [0.2, 0.25) is 35.4 Å². The second kappa shape index (κ2) is 22.3. The SMILES string of the molecule is O=C1Nc2ccc(cc2)C[C@H](C(=O)N[C@@H](Cc2ccccc2)C(=O)O)NC(=O)[C@@H](Cc2ccccc2)NC(=O)[C@H](Cc2ccc(-c3ccccc3)cc2)NC(=O)[C@@H](Cc2cccs2)NC(=O)C2CC12. The fourth-order valence-corrected chi connectivity index (χ4v) is 9.16. The van der Waals surface area contributed by atoms with Crippen LogP contribution in [-0.2, 0) is 65.7 Å². The van der Waals surface area contributed by atoms with Crippen LogP contribution in [0.3, 0.4) is 0 Å². The summed E-state index contributed by atoms with van der Waals surface area (Å²) in [6, 6.07) is 39.0. The van der Waals surface area contributed by atoms with Crippen molar-refractivity contribution in [3.63, 3.8) is 0 Å². The minimum absolute atomic E-state index is 0.00426. The molecule has 0 spiro atoms. The molecule has 3 heterocycles. The summed E-state index contributed by atoms with van der Waals surface area (Å²) in [6.45, 7) is 0. The third-order valence-electron chi connectivity index (χ3n) is 12.3. The van der Waals surface area contributed by atoms with E-state index in [1.54, 1.807) is 78.9 Å². The molecule has 6 amide bonds. The zero-order valence-corrected chi connectivity index (χ0v) is 38.3. The maximum atomic E-state index is 14.8. The lowest BCUT2D eigenvalue weighted by Crippen LogP contribution is -2.60. The third-order valence-corrected chi connectivity index (χ3v) is 13.2. The molecule has 6 aromatic rings. The third kappa shape index (κ3) is 13.0. The standard InChI is InChI=1S/C54H52N6O8S/c61-48-41-32-42(41)49(62)56-46(31-40-17-10-26-69-40)53(66)59-44(28-35-18-22-38(23-19-35)37-15-8-3-9-16-37)51(64)57-43(27-33-11-4-1-5-12-33)50(63)58-45(29-36-20-24-39(55-48)25-21-36)52(65)60-47(54(67)68)30-34-13-6-2-7-14-34/h1-26,41-47H,27-32H2,(H,55,61)(H,56,62)(H,57,64)(H,58,63)(H,59,66)(H,60,65)(H,67,68)/t41?,42?,43-,44+,45-,46-,47+/m1/s1. The first-order chi connectivity index (χ1) is 33.4. The number of carbonyl (C=O) groups excluding carboxylic acids is 6. The van der Waals surface area contributed by atoms with Gasteiger partial charge in [0.05, 0.1) is 11.8 Å². The van der Waals surface area contributed by atoms with E-state index in [0.29, 0.717) is 27.9 Å². The van der Waals surface area contributed by atoms with Crippen LogP contribution in [0.1, 0.15) is 33.6 Å². The predicted octanol–water partition coefficient (Wildman–Crippen LogP) is 5.03. The average Bonchev–Trinajstić information content (AvgIpc) is 4.01. The highest BCUT2D eigenvalue weighted by Gasteiger charge is 2.49. The molecule has 3 aliphatic rings. The summed E-state index contributed by atoms with van der Waals surface area (Å²) >= 11 is 1.41. The number of nitrogens with one attached hydrogen (secondary N) is 6. The van der Waals surface area contributed by atoms with E-state index in [4.69, 9.17) is 0 Å². The first kappa shape index (κ1) is 47.6. The second-order valence-corrected chi connectivity index (χ2v) is 18.4. The minimum atomic E-state index is -1.35. The van der Waals surface area contributed by atoms with Crippen molar-refractivity contribution >= 4 is 58.4 Å². The lowest BCUT2D eigenvalue weighted by Gasteiger charge is -2.27. The lowest BCUT2D eigenvalue weighted by atomic mass is 9.98. The number of fused-ring (bicyclic) bond motifs is 15. The number of hydrogen-bond acceptors (Lipinski definition) is 8. The summed E-state index contributed by atoms with van der Waals surface area (Å²) < 4.78 is 0. The average molecular weight is 945 g/mol. The molecular formula is C54H52N6O8S. The molecule has 2 aliphatic heterocycles. The van der Waals surface area contributed by atoms with Gasteiger partial charge in [-0.1, -0.05) is 133 Å². The Kier molecular flexibility index (Phi) is 15.3. The number of carbonyl (C=O) groups is 7. The number of thiophene rings is 1. The van der Waals surface area contributed by atoms with Crippen LogP contribution in [0.15, 0.2) is 157 Å². The van der Waals surface area contributed by atoms with E-state index in [2.05, 4.69) is 31.9 Å². The zero-order valence-electron chi connectivity index (χ0n) is 37.5. The molecule has 1 fully saturated rings. The molecule has 69 heavy (non-hydrogen) atoms. The van der Waals surface area contributed by atoms with Crippen molar-refractivity contribution in [2.24, 2.45) is 11.8 Å². The number of carboxylic acid groups (broad SMARTS) is 1. The summed E-state index contributed by atoms with van der Waals surface area (Å²) in [5.41, 5.74) is 4.99. The molecule has 7 atom stereocenters. The summed E-state index contributed by atoms with van der Waals surface area (Å²) in [6.07, 6.45) is 0.247. The Labute approximate surface area is 403 Å². The van der Waals surface area contributed by atoms with Gasteiger partial charge < -0.3 is 37.0 Å². The molecule has 15 heteroatoms. The Morgan fingerprint density at radius 3 is 1.67 bits per heavy atom. The van der Waals surface area contributed by atoms with Crippen molar-refractivity contribution in [3.8, 4) is 11.1 Å². The van der Waals surface area contributed by atoms with Crippen molar-refractivity contribution in [1.82, 2.24) is 26.6 Å². The van der Waals surface area contributed by atoms with Crippen LogP contribution in [0.2, 0.25) is 0 Å². The zero-order chi connectivity index (χ0) is 48.3. The molecule has 7 N–H and O–H groups in total. The first-order valence-corrected chi connectivity index (χ1v) is 23.7. The van der Waals surface area contributed by atoms with Gasteiger partial charge in [-0.15, -0.1) is 11.3 Å². The van der Waals surface area contributed by atoms with E-state index in [1.165, 1.54) is 11.3 Å². The molecule has 352 valence electrons. The molecule has 1 saturated carbocycles. The van der Waals surface area contributed by atoms with Crippen molar-refractivity contribution in [2.75, 3.05) is 5.32 Å². The van der Waals surface area contributed by atoms with Crippen molar-refractivity contribution in [3.05, 3.63) is 184 Å². The number of hydrogen-bond donors (Lipinski definition) is 7. The number of amides is 6. The van der Waals surface area contributed by atoms with E-state index >= 15 is 0 Å². The molecule has 0 saturated heterocycles. The normalized spacial score (nSPS) is 21.4. The van der Waals surface area contributed by atoms with Crippen LogP contribution in [-0.4, -0.2) is 76.7 Å². The van der Waals surface area contributed by atoms with Crippen molar-refractivity contribution < 1.29 is 38.7 Å². The van der Waals surface area contributed by atoms with Gasteiger partial charge in [-0.25, -0.2) is 4.79 Å². The van der Waals surface area contributed by atoms with E-state index in [-0.39, 0.29) is 44.4 Å². The Morgan fingerprint density at radius 2 is 1.07 bits per heavy atom. The highest BCUT2D eigenvalue weighted by molar-refractivity contribution is 7.09. The maximum Gasteiger partial charge on any atom is 0.326 e. The van der Waals surface area contributed by atoms with Gasteiger partial charge in [-0.3, -0.25) is 28.8 Å². The highest BCUT2D eigenvalue weighted by atomic mass is 32.1. The predicted molar refractivity (Wildman–Crippen MR) is 262 cm³/mol. The molecule has 2 bridgehead atoms. The molecule has 14 nitrogen and oxygen atoms in total. The molecule has 9 rings (SSSR count). The molecule has 1 aliphatic carbocycles. The Hall–Kier alpha value is -7.91. The van der Waals surface area contributed by atoms with Gasteiger partial charge in [-0.05, 0) is 63.4 Å². The van der Waals surface area contributed by atoms with Crippen molar-refractivity contribution in [2.45, 2.75) is 68.7 Å². The van der Waals surface area contributed by atoms with Gasteiger partial charge in [-0.2, -0.15) is 0 Å². The van der Waals surface area contributed by atoms with Gasteiger partial charge in [0, 0.05) is 42.7 Å². The molecule has 1 aromatic heterocycles. The number of rotatable bonds is 12. The van der Waals surface area contributed by atoms with E-state index in [1.807, 2.05) is 78.2 Å². The fourth-order valence-electron chi connectivity index (χ4n) is 8.40. The molecule has 5 aromatic carbocycles. The van der Waals surface area contributed by atoms with Crippen molar-refractivity contribution in [1.29, 1.82) is 0 Å². The van der Waals surface area contributed by atoms with Crippen LogP contribution in [0.5, 0.6) is 0 Å². The summed E-state index contributed by atoms with van der Waals surface area (Å²) in [7, 11) is 0. The van der Waals surface area contributed by atoms with Crippen LogP contribution in [0, 0.1) is 11.8 Å². The number of carboxylic acids is 1. The number of aliphatic carboxylic acids is 1. The van der Waals surface area contributed by atoms with Gasteiger partial charge in [0.15, 0.2) is 0 Å². The fraction of sp³-hybridized carbons (Fsp3) is 0.241. The highest BCUT2D eigenvalue weighted by Crippen LogP contribution is 2.40. The maximum absolute atomic E-state index is 14.8. The van der Waals surface area contributed by atoms with E-state index in [0.717, 1.165) is 16.0 Å². The lowest BCUT2D eigenvalue weighted by molar-refractivity contribution is -0.142. The van der Waals surface area contributed by atoms with E-state index < -0.39 is 77.6 Å². The molecule has 2 unspecified atom stereocenters. The van der Waals surface area contributed by atoms with Crippen LogP contribution < -0.4 is 31.9 Å². The Balaban J connectivity index is 1.14. The Bertz CT molecular complexity index is 2760. The van der Waals surface area contributed by atoms with Gasteiger partial charge in [0.1, 0.15) is 30.2 Å². The largest absolute Gasteiger partial charge is 0.480 e. The van der Waals surface area contributed by atoms with Gasteiger partial charge >= 0.3 is 5.97 Å². The quantitative estimate of drug-likeness (QED) is 0.0826. The minimum Gasteiger partial charge on any atom is -0.480 e. The Morgan fingerprint density at radius 1 is 0.551 bits per heavy atom. The number of anilines is 1. The van der Waals surface area contributed by atoms with Crippen LogP contribution in [0.4, 0.5) is 5.69 Å². The first-order valence-electron chi connectivity index (χ1n) is 22.8. The van der Waals surface area contributed by atoms with E-state index in [9.17, 15) is 38.7 Å². The summed E-state index contributed by atoms with van der Waals surface area (Å²) in [4.78, 5) is 98.8. The number of benzene rings is 5. The van der Waals surface area contributed by atoms with Crippen LogP contribution in [0.25, 0.3) is 11.1 Å². The van der Waals surface area contributed by atoms with Crippen LogP contribution >= 0.6 is 11.3 Å². The molecule has 0 radical (unpaired) electrons. The molecular weight excluding hydrogens is 893 g/mol. The summed E-state index contributed by atoms with van der Waals surface area (Å²) in [5.74, 6) is -6.32. The smallest absolute Gasteiger partial charge is 0.326 e. The summed E-state index contributed by atoms with van der Waals surface area (Å²) in [5, 5.41) is 29.0.